The quantitative estimate of drug-likeness (QED) is 0.794. The van der Waals surface area contributed by atoms with E-state index in [0.717, 1.165) is 5.56 Å². The summed E-state index contributed by atoms with van der Waals surface area (Å²) in [6.07, 6.45) is 1.24. The predicted octanol–water partition coefficient (Wildman–Crippen LogP) is 1.73. The molecule has 0 fully saturated rings. The highest BCUT2D eigenvalue weighted by Crippen LogP contribution is 2.28. The Balaban J connectivity index is 2.56. The molecule has 1 aromatic carbocycles. The Morgan fingerprint density at radius 1 is 1.47 bits per heavy atom. The van der Waals surface area contributed by atoms with Gasteiger partial charge in [-0.05, 0) is 17.7 Å². The third kappa shape index (κ3) is 1.41. The van der Waals surface area contributed by atoms with Crippen LogP contribution in [0, 0.1) is 6.92 Å². The summed E-state index contributed by atoms with van der Waals surface area (Å²) < 4.78 is 0. The van der Waals surface area contributed by atoms with E-state index >= 15 is 0 Å². The molecule has 1 unspecified atom stereocenters. The van der Waals surface area contributed by atoms with E-state index < -0.39 is 11.5 Å². The number of aryl methyl sites for hydroxylation is 1. The standard InChI is InChI=1S/C10H9N3O2/c1-7-3-2-4-8(5-7)10(9(14)15)6-11-13-12-10/h2-6H,1H3,(H,14,15). The summed E-state index contributed by atoms with van der Waals surface area (Å²) in [5.74, 6) is -1.07. The maximum absolute atomic E-state index is 11.2. The lowest BCUT2D eigenvalue weighted by molar-refractivity contribution is -0.140. The predicted molar refractivity (Wildman–Crippen MR) is 53.8 cm³/mol. The SMILES string of the molecule is Cc1cccc(C2(C(=O)O)C=NN=N2)c1. The topological polar surface area (TPSA) is 74.4 Å². The summed E-state index contributed by atoms with van der Waals surface area (Å²) >= 11 is 0. The average Bonchev–Trinajstić information content (AvgIpc) is 2.67. The highest BCUT2D eigenvalue weighted by molar-refractivity contribution is 6.01. The monoisotopic (exact) mass is 203 g/mol. The Morgan fingerprint density at radius 3 is 2.80 bits per heavy atom. The second kappa shape index (κ2) is 3.27. The maximum Gasteiger partial charge on any atom is 0.344 e. The number of hydrogen-bond acceptors (Lipinski definition) is 4. The molecule has 0 aliphatic carbocycles. The smallest absolute Gasteiger partial charge is 0.344 e. The van der Waals surface area contributed by atoms with Crippen LogP contribution in [0.5, 0.6) is 0 Å². The minimum atomic E-state index is -1.44. The normalized spacial score (nSPS) is 23.3. The van der Waals surface area contributed by atoms with Gasteiger partial charge in [0.05, 0.1) is 6.21 Å². The molecule has 1 aliphatic heterocycles. The number of benzene rings is 1. The van der Waals surface area contributed by atoms with Gasteiger partial charge in [0.1, 0.15) is 0 Å². The van der Waals surface area contributed by atoms with E-state index in [2.05, 4.69) is 15.4 Å². The minimum absolute atomic E-state index is 0.569. The van der Waals surface area contributed by atoms with Gasteiger partial charge < -0.3 is 5.11 Å². The molecule has 1 atom stereocenters. The second-order valence-electron chi connectivity index (χ2n) is 3.38. The van der Waals surface area contributed by atoms with Gasteiger partial charge in [0.25, 0.3) is 0 Å². The van der Waals surface area contributed by atoms with Crippen molar-refractivity contribution in [3.05, 3.63) is 35.4 Å². The molecule has 76 valence electrons. The van der Waals surface area contributed by atoms with Crippen molar-refractivity contribution in [2.24, 2.45) is 15.4 Å². The van der Waals surface area contributed by atoms with Gasteiger partial charge in [-0.2, -0.15) is 0 Å². The molecule has 5 nitrogen and oxygen atoms in total. The zero-order valence-electron chi connectivity index (χ0n) is 8.08. The number of nitrogens with zero attached hydrogens (tertiary/aromatic N) is 3. The van der Waals surface area contributed by atoms with Gasteiger partial charge in [-0.3, -0.25) is 0 Å². The van der Waals surface area contributed by atoms with E-state index in [1.807, 2.05) is 13.0 Å². The number of carboxylic acid groups (broad SMARTS) is 1. The van der Waals surface area contributed by atoms with Crippen molar-refractivity contribution in [1.82, 2.24) is 0 Å². The summed E-state index contributed by atoms with van der Waals surface area (Å²) in [4.78, 5) is 11.2. The van der Waals surface area contributed by atoms with E-state index in [4.69, 9.17) is 5.11 Å². The first kappa shape index (κ1) is 9.51. The van der Waals surface area contributed by atoms with Gasteiger partial charge in [-0.1, -0.05) is 29.8 Å². The molecule has 0 radical (unpaired) electrons. The van der Waals surface area contributed by atoms with Crippen molar-refractivity contribution < 1.29 is 9.90 Å². The van der Waals surface area contributed by atoms with Crippen LogP contribution in [-0.4, -0.2) is 17.3 Å². The molecule has 1 heterocycles. The van der Waals surface area contributed by atoms with Crippen LogP contribution in [0.4, 0.5) is 0 Å². The molecule has 5 heteroatoms. The number of aliphatic carboxylic acids is 1. The Hall–Kier alpha value is -2.04. The van der Waals surface area contributed by atoms with E-state index in [0.29, 0.717) is 5.56 Å². The highest BCUT2D eigenvalue weighted by Gasteiger charge is 2.42. The first-order valence-electron chi connectivity index (χ1n) is 4.42. The molecule has 0 bridgehead atoms. The molecule has 0 saturated heterocycles. The molecule has 0 saturated carbocycles. The second-order valence-corrected chi connectivity index (χ2v) is 3.38. The molecule has 15 heavy (non-hydrogen) atoms. The molecule has 0 spiro atoms. The van der Waals surface area contributed by atoms with Crippen LogP contribution < -0.4 is 0 Å². The van der Waals surface area contributed by atoms with Crippen molar-refractivity contribution in [3.63, 3.8) is 0 Å². The first-order valence-corrected chi connectivity index (χ1v) is 4.42. The van der Waals surface area contributed by atoms with Crippen LogP contribution in [0.15, 0.2) is 39.7 Å². The Labute approximate surface area is 86.2 Å². The fourth-order valence-electron chi connectivity index (χ4n) is 1.47. The number of rotatable bonds is 2. The van der Waals surface area contributed by atoms with E-state index in [1.165, 1.54) is 6.21 Å². The first-order chi connectivity index (χ1) is 7.15. The number of hydrogen-bond donors (Lipinski definition) is 1. The Kier molecular flexibility index (Phi) is 2.07. The van der Waals surface area contributed by atoms with Crippen molar-refractivity contribution in [2.75, 3.05) is 0 Å². The maximum atomic E-state index is 11.2. The lowest BCUT2D eigenvalue weighted by Crippen LogP contribution is -2.33. The van der Waals surface area contributed by atoms with Gasteiger partial charge in [0.2, 0.25) is 5.54 Å². The van der Waals surface area contributed by atoms with Crippen molar-refractivity contribution in [3.8, 4) is 0 Å². The molecule has 1 aliphatic rings. The lowest BCUT2D eigenvalue weighted by Gasteiger charge is -2.16. The summed E-state index contributed by atoms with van der Waals surface area (Å²) in [6.45, 7) is 1.89. The fourth-order valence-corrected chi connectivity index (χ4v) is 1.47. The summed E-state index contributed by atoms with van der Waals surface area (Å²) in [5, 5.41) is 19.7. The van der Waals surface area contributed by atoms with Crippen LogP contribution in [0.1, 0.15) is 11.1 Å². The van der Waals surface area contributed by atoms with E-state index in [-0.39, 0.29) is 0 Å². The largest absolute Gasteiger partial charge is 0.479 e. The van der Waals surface area contributed by atoms with Gasteiger partial charge in [0.15, 0.2) is 0 Å². The zero-order chi connectivity index (χ0) is 10.9. The Morgan fingerprint density at radius 2 is 2.27 bits per heavy atom. The van der Waals surface area contributed by atoms with Crippen molar-refractivity contribution in [1.29, 1.82) is 0 Å². The van der Waals surface area contributed by atoms with Crippen LogP contribution in [0.25, 0.3) is 0 Å². The molecule has 0 aromatic heterocycles. The lowest BCUT2D eigenvalue weighted by atomic mass is 9.91. The number of carbonyl (C=O) groups is 1. The van der Waals surface area contributed by atoms with Gasteiger partial charge in [-0.15, -0.1) is 10.2 Å². The zero-order valence-corrected chi connectivity index (χ0v) is 8.08. The molecule has 1 N–H and O–H groups in total. The molecular formula is C10H9N3O2. The van der Waals surface area contributed by atoms with E-state index in [9.17, 15) is 4.79 Å². The van der Waals surface area contributed by atoms with Gasteiger partial charge in [-0.25, -0.2) is 4.79 Å². The van der Waals surface area contributed by atoms with E-state index in [1.54, 1.807) is 18.2 Å². The fraction of sp³-hybridized carbons (Fsp3) is 0.200. The molecule has 2 rings (SSSR count). The van der Waals surface area contributed by atoms with Gasteiger partial charge in [0, 0.05) is 0 Å². The summed E-state index contributed by atoms with van der Waals surface area (Å²) in [6, 6.07) is 7.15. The number of carboxylic acids is 1. The Bertz CT molecular complexity index is 453. The molecular weight excluding hydrogens is 194 g/mol. The highest BCUT2D eigenvalue weighted by atomic mass is 16.4. The van der Waals surface area contributed by atoms with Crippen molar-refractivity contribution in [2.45, 2.75) is 12.5 Å². The van der Waals surface area contributed by atoms with Crippen LogP contribution in [0.3, 0.4) is 0 Å². The third-order valence-electron chi connectivity index (χ3n) is 2.28. The van der Waals surface area contributed by atoms with Crippen LogP contribution in [-0.2, 0) is 10.3 Å². The summed E-state index contributed by atoms with van der Waals surface area (Å²) in [5.41, 5.74) is 0.107. The third-order valence-corrected chi connectivity index (χ3v) is 2.28. The van der Waals surface area contributed by atoms with Crippen LogP contribution in [0.2, 0.25) is 0 Å². The average molecular weight is 203 g/mol. The van der Waals surface area contributed by atoms with Crippen molar-refractivity contribution >= 4 is 12.2 Å². The molecule has 1 aromatic rings. The summed E-state index contributed by atoms with van der Waals surface area (Å²) in [7, 11) is 0. The molecule has 0 amide bonds. The minimum Gasteiger partial charge on any atom is -0.479 e. The van der Waals surface area contributed by atoms with Gasteiger partial charge >= 0.3 is 5.97 Å². The van der Waals surface area contributed by atoms with Crippen LogP contribution >= 0.6 is 0 Å².